The number of carboxylic acid groups (broad SMARTS) is 1. The molecule has 1 aromatic carbocycles. The molecule has 0 saturated heterocycles. The van der Waals surface area contributed by atoms with Crippen LogP contribution >= 0.6 is 0 Å². The molecule has 4 aliphatic carbocycles. The Kier molecular flexibility index (Phi) is 2.66. The molecule has 21 heavy (non-hydrogen) atoms. The van der Waals surface area contributed by atoms with Crippen LogP contribution in [0, 0.1) is 17.3 Å². The van der Waals surface area contributed by atoms with Crippen LogP contribution in [0.2, 0.25) is 0 Å². The average molecular weight is 286 g/mol. The van der Waals surface area contributed by atoms with Crippen molar-refractivity contribution in [1.29, 1.82) is 0 Å². The molecule has 1 N–H and O–H groups in total. The molecule has 3 heteroatoms. The number of carbonyl (C=O) groups is 1. The fourth-order valence-electron chi connectivity index (χ4n) is 5.80. The average Bonchev–Trinajstić information content (AvgIpc) is 2.46. The fraction of sp³-hybridized carbons (Fsp3) is 0.611. The van der Waals surface area contributed by atoms with Crippen LogP contribution < -0.4 is 4.74 Å². The first-order chi connectivity index (χ1) is 10.1. The van der Waals surface area contributed by atoms with Gasteiger partial charge < -0.3 is 9.84 Å². The van der Waals surface area contributed by atoms with Crippen LogP contribution in [0.5, 0.6) is 5.75 Å². The number of carboxylic acids is 1. The smallest absolute Gasteiger partial charge is 0.309 e. The van der Waals surface area contributed by atoms with Crippen LogP contribution in [0.3, 0.4) is 0 Å². The summed E-state index contributed by atoms with van der Waals surface area (Å²) in [6, 6.07) is 8.34. The molecule has 4 saturated carbocycles. The van der Waals surface area contributed by atoms with Gasteiger partial charge in [0.1, 0.15) is 5.75 Å². The number of aliphatic carboxylic acids is 1. The molecular weight excluding hydrogens is 264 g/mol. The SMILES string of the molecule is COc1ccc(C23CC4CC(CC(C(=O)O)(C4)C2)C3)cc1. The summed E-state index contributed by atoms with van der Waals surface area (Å²) < 4.78 is 5.25. The van der Waals surface area contributed by atoms with Gasteiger partial charge in [0.2, 0.25) is 0 Å². The van der Waals surface area contributed by atoms with Crippen molar-refractivity contribution in [3.05, 3.63) is 29.8 Å². The van der Waals surface area contributed by atoms with Gasteiger partial charge in [-0.1, -0.05) is 12.1 Å². The third-order valence-corrected chi connectivity index (χ3v) is 6.22. The van der Waals surface area contributed by atoms with E-state index < -0.39 is 11.4 Å². The number of hydrogen-bond donors (Lipinski definition) is 1. The predicted molar refractivity (Wildman–Crippen MR) is 79.4 cm³/mol. The van der Waals surface area contributed by atoms with Crippen LogP contribution in [0.1, 0.15) is 44.1 Å². The summed E-state index contributed by atoms with van der Waals surface area (Å²) in [6.45, 7) is 0. The van der Waals surface area contributed by atoms with E-state index >= 15 is 0 Å². The summed E-state index contributed by atoms with van der Waals surface area (Å²) >= 11 is 0. The molecule has 0 amide bonds. The summed E-state index contributed by atoms with van der Waals surface area (Å²) in [6.07, 6.45) is 6.21. The van der Waals surface area contributed by atoms with Gasteiger partial charge in [0.25, 0.3) is 0 Å². The van der Waals surface area contributed by atoms with Crippen LogP contribution in [0.15, 0.2) is 24.3 Å². The zero-order chi connectivity index (χ0) is 14.7. The van der Waals surface area contributed by atoms with Crippen molar-refractivity contribution in [3.63, 3.8) is 0 Å². The van der Waals surface area contributed by atoms with E-state index in [1.165, 1.54) is 24.8 Å². The lowest BCUT2D eigenvalue weighted by Gasteiger charge is -2.60. The topological polar surface area (TPSA) is 46.5 Å². The Morgan fingerprint density at radius 3 is 2.29 bits per heavy atom. The molecule has 2 unspecified atom stereocenters. The fourth-order valence-corrected chi connectivity index (χ4v) is 5.80. The summed E-state index contributed by atoms with van der Waals surface area (Å²) in [5, 5.41) is 9.80. The first kappa shape index (κ1) is 13.2. The van der Waals surface area contributed by atoms with E-state index in [2.05, 4.69) is 12.1 Å². The molecular formula is C18H22O3. The minimum atomic E-state index is -0.561. The Hall–Kier alpha value is -1.51. The van der Waals surface area contributed by atoms with Gasteiger partial charge in [-0.3, -0.25) is 4.79 Å². The molecule has 2 atom stereocenters. The number of rotatable bonds is 3. The second kappa shape index (κ2) is 4.25. The first-order valence-corrected chi connectivity index (χ1v) is 7.93. The highest BCUT2D eigenvalue weighted by atomic mass is 16.5. The summed E-state index contributed by atoms with van der Waals surface area (Å²) in [7, 11) is 1.68. The Morgan fingerprint density at radius 2 is 1.76 bits per heavy atom. The molecule has 3 nitrogen and oxygen atoms in total. The van der Waals surface area contributed by atoms with Gasteiger partial charge in [-0.2, -0.15) is 0 Å². The van der Waals surface area contributed by atoms with E-state index in [0.717, 1.165) is 25.0 Å². The van der Waals surface area contributed by atoms with Gasteiger partial charge in [0, 0.05) is 0 Å². The van der Waals surface area contributed by atoms with E-state index in [9.17, 15) is 9.90 Å². The molecule has 0 heterocycles. The quantitative estimate of drug-likeness (QED) is 0.923. The van der Waals surface area contributed by atoms with E-state index in [1.54, 1.807) is 7.11 Å². The maximum absolute atomic E-state index is 11.9. The molecule has 0 radical (unpaired) electrons. The molecule has 4 aliphatic rings. The van der Waals surface area contributed by atoms with Crippen molar-refractivity contribution < 1.29 is 14.6 Å². The molecule has 5 rings (SSSR count). The first-order valence-electron chi connectivity index (χ1n) is 7.93. The van der Waals surface area contributed by atoms with Crippen molar-refractivity contribution >= 4 is 5.97 Å². The third kappa shape index (κ3) is 1.82. The number of benzene rings is 1. The molecule has 0 spiro atoms. The second-order valence-electron chi connectivity index (χ2n) is 7.56. The van der Waals surface area contributed by atoms with Crippen molar-refractivity contribution in [2.24, 2.45) is 17.3 Å². The lowest BCUT2D eigenvalue weighted by molar-refractivity contribution is -0.167. The standard InChI is InChI=1S/C18H22O3/c1-21-15-4-2-14(3-5-15)17-7-12-6-13(8-17)10-18(9-12,11-17)16(19)20/h2-5,12-13H,6-11H2,1H3,(H,19,20). The predicted octanol–water partition coefficient (Wildman–Crippen LogP) is 3.62. The Morgan fingerprint density at radius 1 is 1.14 bits per heavy atom. The molecule has 4 bridgehead atoms. The highest BCUT2D eigenvalue weighted by Crippen LogP contribution is 2.65. The zero-order valence-electron chi connectivity index (χ0n) is 12.5. The van der Waals surface area contributed by atoms with E-state index in [0.29, 0.717) is 11.8 Å². The van der Waals surface area contributed by atoms with Gasteiger partial charge in [0.05, 0.1) is 12.5 Å². The van der Waals surface area contributed by atoms with Crippen molar-refractivity contribution in [3.8, 4) is 5.75 Å². The van der Waals surface area contributed by atoms with E-state index in [4.69, 9.17) is 4.74 Å². The van der Waals surface area contributed by atoms with E-state index in [-0.39, 0.29) is 5.41 Å². The Balaban J connectivity index is 1.75. The van der Waals surface area contributed by atoms with Gasteiger partial charge in [-0.25, -0.2) is 0 Å². The van der Waals surface area contributed by atoms with Crippen molar-refractivity contribution in [1.82, 2.24) is 0 Å². The third-order valence-electron chi connectivity index (χ3n) is 6.22. The molecule has 0 aromatic heterocycles. The number of ether oxygens (including phenoxy) is 1. The largest absolute Gasteiger partial charge is 0.497 e. The lowest BCUT2D eigenvalue weighted by Crippen LogP contribution is -2.56. The van der Waals surface area contributed by atoms with Gasteiger partial charge in [-0.05, 0) is 73.5 Å². The highest BCUT2D eigenvalue weighted by molar-refractivity contribution is 5.76. The Bertz CT molecular complexity index is 561. The van der Waals surface area contributed by atoms with Crippen LogP contribution in [0.25, 0.3) is 0 Å². The van der Waals surface area contributed by atoms with Gasteiger partial charge in [-0.15, -0.1) is 0 Å². The van der Waals surface area contributed by atoms with Crippen molar-refractivity contribution in [2.45, 2.75) is 43.9 Å². The van der Waals surface area contributed by atoms with Crippen molar-refractivity contribution in [2.75, 3.05) is 7.11 Å². The van der Waals surface area contributed by atoms with Gasteiger partial charge in [0.15, 0.2) is 0 Å². The summed E-state index contributed by atoms with van der Waals surface area (Å²) in [5.41, 5.74) is 0.960. The van der Waals surface area contributed by atoms with Crippen LogP contribution in [-0.4, -0.2) is 18.2 Å². The van der Waals surface area contributed by atoms with Gasteiger partial charge >= 0.3 is 5.97 Å². The number of methoxy groups -OCH3 is 1. The maximum atomic E-state index is 11.9. The summed E-state index contributed by atoms with van der Waals surface area (Å²) in [5.74, 6) is 1.51. The zero-order valence-corrected chi connectivity index (χ0v) is 12.5. The minimum absolute atomic E-state index is 0.0920. The van der Waals surface area contributed by atoms with Crippen LogP contribution in [0.4, 0.5) is 0 Å². The Labute approximate surface area is 125 Å². The molecule has 112 valence electrons. The second-order valence-corrected chi connectivity index (χ2v) is 7.56. The highest BCUT2D eigenvalue weighted by Gasteiger charge is 2.61. The minimum Gasteiger partial charge on any atom is -0.497 e. The molecule has 4 fully saturated rings. The van der Waals surface area contributed by atoms with Crippen LogP contribution in [-0.2, 0) is 10.2 Å². The lowest BCUT2D eigenvalue weighted by atomic mass is 9.43. The molecule has 1 aromatic rings. The summed E-state index contributed by atoms with van der Waals surface area (Å²) in [4.78, 5) is 11.9. The normalized spacial score (nSPS) is 40.2. The monoisotopic (exact) mass is 286 g/mol. The number of hydrogen-bond acceptors (Lipinski definition) is 2. The maximum Gasteiger partial charge on any atom is 0.309 e. The van der Waals surface area contributed by atoms with E-state index in [1.807, 2.05) is 12.1 Å². The molecule has 0 aliphatic heterocycles.